The van der Waals surface area contributed by atoms with Gasteiger partial charge in [-0.1, -0.05) is 78.9 Å². The molecule has 0 bridgehead atoms. The Bertz CT molecular complexity index is 1480. The molecule has 3 heteroatoms. The molecule has 0 radical (unpaired) electrons. The van der Waals surface area contributed by atoms with E-state index < -0.39 is 0 Å². The Morgan fingerprint density at radius 1 is 0.529 bits per heavy atom. The molecule has 0 saturated carbocycles. The summed E-state index contributed by atoms with van der Waals surface area (Å²) in [7, 11) is 0. The first-order chi connectivity index (χ1) is 16.5. The van der Waals surface area contributed by atoms with Gasteiger partial charge in [0.25, 0.3) is 0 Å². The Morgan fingerprint density at radius 2 is 0.971 bits per heavy atom. The predicted octanol–water partition coefficient (Wildman–Crippen LogP) is 8.29. The van der Waals surface area contributed by atoms with Crippen molar-refractivity contribution < 1.29 is 0 Å². The standard InChI is InChI=1S/C31H27N3/c1-20-16-18-24-10-5-7-12-26(24)30(20)32-22(3)28-14-9-15-29(34-28)23(4)33-31-21(2)17-19-25-11-6-8-13-27(25)31/h5-19H,1-4H3/b32-22+,33-23+. The van der Waals surface area contributed by atoms with E-state index in [9.17, 15) is 0 Å². The highest BCUT2D eigenvalue weighted by Crippen LogP contribution is 2.31. The number of fused-ring (bicyclic) bond motifs is 2. The molecule has 5 rings (SSSR count). The van der Waals surface area contributed by atoms with E-state index in [2.05, 4.69) is 86.6 Å². The van der Waals surface area contributed by atoms with Crippen LogP contribution in [0.2, 0.25) is 0 Å². The molecule has 166 valence electrons. The van der Waals surface area contributed by atoms with E-state index in [-0.39, 0.29) is 0 Å². The van der Waals surface area contributed by atoms with Crippen LogP contribution in [0.4, 0.5) is 11.4 Å². The number of aromatic nitrogens is 1. The predicted molar refractivity (Wildman–Crippen MR) is 145 cm³/mol. The normalized spacial score (nSPS) is 12.5. The maximum Gasteiger partial charge on any atom is 0.0849 e. The van der Waals surface area contributed by atoms with Gasteiger partial charge in [0.1, 0.15) is 0 Å². The van der Waals surface area contributed by atoms with E-state index in [1.807, 2.05) is 32.0 Å². The Morgan fingerprint density at radius 3 is 1.44 bits per heavy atom. The first-order valence-corrected chi connectivity index (χ1v) is 11.6. The zero-order valence-corrected chi connectivity index (χ0v) is 20.0. The van der Waals surface area contributed by atoms with Crippen molar-refractivity contribution in [3.05, 3.63) is 114 Å². The van der Waals surface area contributed by atoms with Crippen molar-refractivity contribution in [3.63, 3.8) is 0 Å². The molecule has 34 heavy (non-hydrogen) atoms. The third kappa shape index (κ3) is 4.13. The molecule has 0 aliphatic heterocycles. The number of benzene rings is 4. The van der Waals surface area contributed by atoms with Gasteiger partial charge in [-0.25, -0.2) is 4.98 Å². The Labute approximate surface area is 200 Å². The first-order valence-electron chi connectivity index (χ1n) is 11.6. The molecule has 0 spiro atoms. The van der Waals surface area contributed by atoms with Gasteiger partial charge in [0.05, 0.1) is 34.2 Å². The van der Waals surface area contributed by atoms with Crippen molar-refractivity contribution >= 4 is 44.3 Å². The fraction of sp³-hybridized carbons (Fsp3) is 0.129. The summed E-state index contributed by atoms with van der Waals surface area (Å²) >= 11 is 0. The highest BCUT2D eigenvalue weighted by Gasteiger charge is 2.09. The van der Waals surface area contributed by atoms with E-state index in [0.717, 1.165) is 56.1 Å². The summed E-state index contributed by atoms with van der Waals surface area (Å²) in [5.74, 6) is 0. The summed E-state index contributed by atoms with van der Waals surface area (Å²) in [6.45, 7) is 8.25. The number of aliphatic imine (C=N–C) groups is 2. The minimum Gasteiger partial charge on any atom is -0.251 e. The van der Waals surface area contributed by atoms with Gasteiger partial charge in [-0.3, -0.25) is 9.98 Å². The monoisotopic (exact) mass is 441 g/mol. The Hall–Kier alpha value is -4.11. The van der Waals surface area contributed by atoms with Crippen LogP contribution in [0.5, 0.6) is 0 Å². The molecule has 4 aromatic carbocycles. The van der Waals surface area contributed by atoms with Crippen molar-refractivity contribution in [1.82, 2.24) is 4.98 Å². The largest absolute Gasteiger partial charge is 0.251 e. The summed E-state index contributed by atoms with van der Waals surface area (Å²) < 4.78 is 0. The molecule has 0 N–H and O–H groups in total. The molecule has 5 aromatic rings. The van der Waals surface area contributed by atoms with Crippen molar-refractivity contribution in [2.45, 2.75) is 27.7 Å². The van der Waals surface area contributed by atoms with E-state index >= 15 is 0 Å². The second-order valence-corrected chi connectivity index (χ2v) is 8.71. The lowest BCUT2D eigenvalue weighted by Gasteiger charge is -2.10. The minimum absolute atomic E-state index is 0.856. The zero-order valence-electron chi connectivity index (χ0n) is 20.0. The summed E-state index contributed by atoms with van der Waals surface area (Å²) in [6.07, 6.45) is 0. The number of hydrogen-bond acceptors (Lipinski definition) is 3. The van der Waals surface area contributed by atoms with Gasteiger partial charge in [0.2, 0.25) is 0 Å². The Balaban J connectivity index is 1.55. The van der Waals surface area contributed by atoms with Crippen molar-refractivity contribution in [2.24, 2.45) is 9.98 Å². The summed E-state index contributed by atoms with van der Waals surface area (Å²) in [4.78, 5) is 14.9. The molecule has 0 aliphatic rings. The lowest BCUT2D eigenvalue weighted by Crippen LogP contribution is -2.05. The summed E-state index contributed by atoms with van der Waals surface area (Å²) in [6, 6.07) is 31.3. The number of hydrogen-bond donors (Lipinski definition) is 0. The van der Waals surface area contributed by atoms with Crippen LogP contribution in [-0.2, 0) is 0 Å². The SMILES string of the molecule is C/C(=N\c1c(C)ccc2ccccc12)c1cccc(/C(C)=N/c2c(C)ccc3ccccc23)n1. The topological polar surface area (TPSA) is 37.6 Å². The average molecular weight is 442 g/mol. The van der Waals surface area contributed by atoms with Crippen LogP contribution in [0.1, 0.15) is 36.4 Å². The van der Waals surface area contributed by atoms with Crippen LogP contribution in [0.3, 0.4) is 0 Å². The van der Waals surface area contributed by atoms with Crippen LogP contribution in [0.15, 0.2) is 101 Å². The molecule has 0 saturated heterocycles. The van der Waals surface area contributed by atoms with Gasteiger partial charge in [0, 0.05) is 10.8 Å². The minimum atomic E-state index is 0.856. The summed E-state index contributed by atoms with van der Waals surface area (Å²) in [5.41, 5.74) is 7.78. The molecule has 0 aliphatic carbocycles. The maximum absolute atomic E-state index is 5.01. The highest BCUT2D eigenvalue weighted by atomic mass is 14.8. The second kappa shape index (κ2) is 9.03. The molecule has 1 aromatic heterocycles. The molecular formula is C31H27N3. The van der Waals surface area contributed by atoms with Crippen molar-refractivity contribution in [3.8, 4) is 0 Å². The summed E-state index contributed by atoms with van der Waals surface area (Å²) in [5, 5.41) is 4.69. The van der Waals surface area contributed by atoms with Gasteiger partial charge in [-0.2, -0.15) is 0 Å². The van der Waals surface area contributed by atoms with E-state index in [0.29, 0.717) is 0 Å². The van der Waals surface area contributed by atoms with E-state index in [1.54, 1.807) is 0 Å². The molecule has 0 unspecified atom stereocenters. The smallest absolute Gasteiger partial charge is 0.0849 e. The molecule has 3 nitrogen and oxygen atoms in total. The third-order valence-electron chi connectivity index (χ3n) is 6.25. The van der Waals surface area contributed by atoms with Gasteiger partial charge in [-0.15, -0.1) is 0 Å². The van der Waals surface area contributed by atoms with Crippen LogP contribution < -0.4 is 0 Å². The highest BCUT2D eigenvalue weighted by molar-refractivity contribution is 6.06. The van der Waals surface area contributed by atoms with Crippen LogP contribution >= 0.6 is 0 Å². The zero-order chi connectivity index (χ0) is 23.7. The van der Waals surface area contributed by atoms with E-state index in [4.69, 9.17) is 15.0 Å². The van der Waals surface area contributed by atoms with Crippen molar-refractivity contribution in [1.29, 1.82) is 0 Å². The second-order valence-electron chi connectivity index (χ2n) is 8.71. The van der Waals surface area contributed by atoms with Crippen LogP contribution in [0, 0.1) is 13.8 Å². The van der Waals surface area contributed by atoms with Crippen molar-refractivity contribution in [2.75, 3.05) is 0 Å². The average Bonchev–Trinajstić information content (AvgIpc) is 2.87. The van der Waals surface area contributed by atoms with Gasteiger partial charge in [-0.05, 0) is 61.7 Å². The maximum atomic E-state index is 5.01. The molecule has 0 amide bonds. The van der Waals surface area contributed by atoms with Gasteiger partial charge < -0.3 is 0 Å². The number of rotatable bonds is 4. The fourth-order valence-electron chi connectivity index (χ4n) is 4.31. The number of aryl methyl sites for hydroxylation is 2. The lowest BCUT2D eigenvalue weighted by molar-refractivity contribution is 1.24. The molecular weight excluding hydrogens is 414 g/mol. The fourth-order valence-corrected chi connectivity index (χ4v) is 4.31. The molecule has 0 atom stereocenters. The Kier molecular flexibility index (Phi) is 5.77. The van der Waals surface area contributed by atoms with E-state index in [1.165, 1.54) is 10.8 Å². The number of pyridine rings is 1. The van der Waals surface area contributed by atoms with Gasteiger partial charge >= 0.3 is 0 Å². The quantitative estimate of drug-likeness (QED) is 0.259. The number of nitrogens with zero attached hydrogens (tertiary/aromatic N) is 3. The first kappa shape index (κ1) is 21.7. The van der Waals surface area contributed by atoms with Crippen LogP contribution in [0.25, 0.3) is 21.5 Å². The van der Waals surface area contributed by atoms with Crippen LogP contribution in [-0.4, -0.2) is 16.4 Å². The molecule has 0 fully saturated rings. The lowest BCUT2D eigenvalue weighted by atomic mass is 10.0. The van der Waals surface area contributed by atoms with Gasteiger partial charge in [0.15, 0.2) is 0 Å². The molecule has 1 heterocycles. The third-order valence-corrected chi connectivity index (χ3v) is 6.25.